The van der Waals surface area contributed by atoms with Crippen molar-refractivity contribution in [2.24, 2.45) is 4.99 Å². The average Bonchev–Trinajstić information content (AvgIpc) is 3.19. The van der Waals surface area contributed by atoms with Crippen LogP contribution < -0.4 is 9.62 Å². The minimum Gasteiger partial charge on any atom is -0.312 e. The van der Waals surface area contributed by atoms with Crippen LogP contribution in [0.15, 0.2) is 34.8 Å². The molecule has 0 spiro atoms. The molecule has 0 saturated heterocycles. The summed E-state index contributed by atoms with van der Waals surface area (Å²) in [5.41, 5.74) is 2.25. The molecule has 0 fully saturated rings. The Morgan fingerprint density at radius 2 is 2.24 bits per heavy atom. The first-order valence-electron chi connectivity index (χ1n) is 7.63. The number of rotatable bonds is 3. The Hall–Kier alpha value is -1.52. The van der Waals surface area contributed by atoms with Gasteiger partial charge in [0, 0.05) is 25.4 Å². The van der Waals surface area contributed by atoms with Crippen LogP contribution in [0.25, 0.3) is 0 Å². The highest BCUT2D eigenvalue weighted by molar-refractivity contribution is 9.09. The van der Waals surface area contributed by atoms with Crippen molar-refractivity contribution >= 4 is 60.2 Å². The molecular weight excluding hydrogens is 428 g/mol. The second-order valence-electron chi connectivity index (χ2n) is 5.90. The van der Waals surface area contributed by atoms with Gasteiger partial charge in [-0.05, 0) is 29.5 Å². The van der Waals surface area contributed by atoms with E-state index in [1.807, 2.05) is 6.07 Å². The summed E-state index contributed by atoms with van der Waals surface area (Å²) < 4.78 is 28.4. The first-order chi connectivity index (χ1) is 11.9. The zero-order valence-corrected chi connectivity index (χ0v) is 16.4. The summed E-state index contributed by atoms with van der Waals surface area (Å²) in [6, 6.07) is 5.31. The van der Waals surface area contributed by atoms with Gasteiger partial charge in [0.1, 0.15) is 4.95 Å². The molecule has 1 N–H and O–H groups in total. The number of amidine groups is 1. The Balaban J connectivity index is 1.61. The van der Waals surface area contributed by atoms with Crippen LogP contribution in [0.5, 0.6) is 0 Å². The molecule has 3 aliphatic heterocycles. The maximum atomic E-state index is 12.9. The number of halogens is 1. The van der Waals surface area contributed by atoms with Crippen molar-refractivity contribution in [3.63, 3.8) is 0 Å². The zero-order valence-electron chi connectivity index (χ0n) is 13.2. The highest BCUT2D eigenvalue weighted by Gasteiger charge is 2.44. The Bertz CT molecular complexity index is 915. The third kappa shape index (κ3) is 2.85. The lowest BCUT2D eigenvalue weighted by atomic mass is 10.1. The SMILES string of the molecule is CC(=O)N1CCc2ccc(NS(=O)(=O)C3C(Br)N=C4SC=CN43)cc21. The molecule has 0 bridgehead atoms. The number of hydrogen-bond donors (Lipinski definition) is 1. The van der Waals surface area contributed by atoms with E-state index in [1.54, 1.807) is 33.5 Å². The van der Waals surface area contributed by atoms with Crippen molar-refractivity contribution in [2.45, 2.75) is 23.7 Å². The Morgan fingerprint density at radius 1 is 1.44 bits per heavy atom. The maximum Gasteiger partial charge on any atom is 0.257 e. The molecule has 0 radical (unpaired) electrons. The molecule has 0 aliphatic carbocycles. The molecular formula is C15H15BrN4O3S2. The van der Waals surface area contributed by atoms with Crippen molar-refractivity contribution in [3.05, 3.63) is 35.4 Å². The van der Waals surface area contributed by atoms with Crippen LogP contribution in [0.4, 0.5) is 11.4 Å². The van der Waals surface area contributed by atoms with E-state index in [0.717, 1.165) is 17.7 Å². The summed E-state index contributed by atoms with van der Waals surface area (Å²) in [4.78, 5) is 18.8. The highest BCUT2D eigenvalue weighted by Crippen LogP contribution is 2.37. The van der Waals surface area contributed by atoms with Crippen LogP contribution in [0.3, 0.4) is 0 Å². The van der Waals surface area contributed by atoms with Crippen molar-refractivity contribution in [1.29, 1.82) is 0 Å². The summed E-state index contributed by atoms with van der Waals surface area (Å²) in [5.74, 6) is -0.0488. The number of thioether (sulfide) groups is 1. The number of aliphatic imine (C=N–C) groups is 1. The van der Waals surface area contributed by atoms with E-state index in [4.69, 9.17) is 0 Å². The summed E-state index contributed by atoms with van der Waals surface area (Å²) in [7, 11) is -3.73. The lowest BCUT2D eigenvalue weighted by Crippen LogP contribution is -2.42. The maximum absolute atomic E-state index is 12.9. The van der Waals surface area contributed by atoms with Crippen molar-refractivity contribution in [3.8, 4) is 0 Å². The summed E-state index contributed by atoms with van der Waals surface area (Å²) in [5, 5.41) is 1.61. The second kappa shape index (κ2) is 6.03. The van der Waals surface area contributed by atoms with Gasteiger partial charge in [0.25, 0.3) is 10.0 Å². The number of anilines is 2. The summed E-state index contributed by atoms with van der Waals surface area (Å²) in [6.07, 6.45) is 2.50. The van der Waals surface area contributed by atoms with Gasteiger partial charge in [-0.25, -0.2) is 13.4 Å². The third-order valence-electron chi connectivity index (χ3n) is 4.30. The van der Waals surface area contributed by atoms with Gasteiger partial charge in [0.2, 0.25) is 5.91 Å². The molecule has 3 aliphatic rings. The molecule has 25 heavy (non-hydrogen) atoms. The standard InChI is InChI=1S/C15H15BrN4O3S2/c1-9(21)19-5-4-10-2-3-11(8-12(10)19)18-25(22,23)14-13(16)17-15-20(14)6-7-24-15/h2-3,6-8,13-14,18H,4-5H2,1H3. The number of carbonyl (C=O) groups is 1. The average molecular weight is 443 g/mol. The van der Waals surface area contributed by atoms with Gasteiger partial charge in [0.15, 0.2) is 10.5 Å². The topological polar surface area (TPSA) is 82.1 Å². The quantitative estimate of drug-likeness (QED) is 0.573. The van der Waals surface area contributed by atoms with Gasteiger partial charge in [-0.1, -0.05) is 33.8 Å². The van der Waals surface area contributed by atoms with Gasteiger partial charge in [0.05, 0.1) is 5.69 Å². The van der Waals surface area contributed by atoms with Crippen LogP contribution >= 0.6 is 27.7 Å². The molecule has 132 valence electrons. The predicted octanol–water partition coefficient (Wildman–Crippen LogP) is 2.27. The van der Waals surface area contributed by atoms with E-state index >= 15 is 0 Å². The fraction of sp³-hybridized carbons (Fsp3) is 0.333. The number of hydrogen-bond acceptors (Lipinski definition) is 6. The fourth-order valence-corrected chi connectivity index (χ4v) is 6.86. The fourth-order valence-electron chi connectivity index (χ4n) is 3.17. The number of amides is 1. The first-order valence-corrected chi connectivity index (χ1v) is 11.0. The molecule has 1 aromatic rings. The van der Waals surface area contributed by atoms with E-state index in [9.17, 15) is 13.2 Å². The van der Waals surface area contributed by atoms with Gasteiger partial charge < -0.3 is 9.80 Å². The zero-order chi connectivity index (χ0) is 17.8. The Labute approximate surface area is 158 Å². The van der Waals surface area contributed by atoms with Crippen LogP contribution in [0, 0.1) is 0 Å². The number of benzene rings is 1. The molecule has 0 saturated carbocycles. The van der Waals surface area contributed by atoms with Gasteiger partial charge in [-0.3, -0.25) is 9.52 Å². The molecule has 1 amide bonds. The molecule has 2 unspecified atom stereocenters. The smallest absolute Gasteiger partial charge is 0.257 e. The van der Waals surface area contributed by atoms with Gasteiger partial charge in [-0.15, -0.1) is 0 Å². The molecule has 2 atom stereocenters. The van der Waals surface area contributed by atoms with Crippen LogP contribution in [0.2, 0.25) is 0 Å². The molecule has 0 aromatic heterocycles. The first kappa shape index (κ1) is 16.9. The number of nitrogens with one attached hydrogen (secondary N) is 1. The monoisotopic (exact) mass is 442 g/mol. The van der Waals surface area contributed by atoms with E-state index in [0.29, 0.717) is 17.4 Å². The normalized spacial score (nSPS) is 24.3. The number of alkyl halides is 1. The largest absolute Gasteiger partial charge is 0.312 e. The van der Waals surface area contributed by atoms with Crippen molar-refractivity contribution < 1.29 is 13.2 Å². The molecule has 1 aromatic carbocycles. The van der Waals surface area contributed by atoms with E-state index in [1.165, 1.54) is 18.7 Å². The van der Waals surface area contributed by atoms with E-state index < -0.39 is 20.3 Å². The second-order valence-corrected chi connectivity index (χ2v) is 9.48. The third-order valence-corrected chi connectivity index (χ3v) is 7.78. The lowest BCUT2D eigenvalue weighted by Gasteiger charge is -2.23. The van der Waals surface area contributed by atoms with Gasteiger partial charge in [-0.2, -0.15) is 0 Å². The molecule has 7 nitrogen and oxygen atoms in total. The molecule has 4 rings (SSSR count). The Morgan fingerprint density at radius 3 is 3.00 bits per heavy atom. The molecule has 3 heterocycles. The summed E-state index contributed by atoms with van der Waals surface area (Å²) >= 11 is 4.73. The van der Waals surface area contributed by atoms with Gasteiger partial charge >= 0.3 is 0 Å². The van der Waals surface area contributed by atoms with E-state index in [2.05, 4.69) is 25.6 Å². The van der Waals surface area contributed by atoms with Crippen LogP contribution in [0.1, 0.15) is 12.5 Å². The predicted molar refractivity (Wildman–Crippen MR) is 103 cm³/mol. The minimum atomic E-state index is -3.73. The van der Waals surface area contributed by atoms with Crippen LogP contribution in [-0.4, -0.2) is 41.3 Å². The molecule has 10 heteroatoms. The minimum absolute atomic E-state index is 0.0488. The van der Waals surface area contributed by atoms with Crippen molar-refractivity contribution in [2.75, 3.05) is 16.2 Å². The number of carbonyl (C=O) groups excluding carboxylic acids is 1. The Kier molecular flexibility index (Phi) is 4.08. The number of nitrogens with zero attached hydrogens (tertiary/aromatic N) is 3. The lowest BCUT2D eigenvalue weighted by molar-refractivity contribution is -0.116. The number of fused-ring (bicyclic) bond motifs is 2. The van der Waals surface area contributed by atoms with E-state index in [-0.39, 0.29) is 5.91 Å². The van der Waals surface area contributed by atoms with Crippen molar-refractivity contribution in [1.82, 2.24) is 4.90 Å². The summed E-state index contributed by atoms with van der Waals surface area (Å²) in [6.45, 7) is 2.14. The number of sulfonamides is 1. The van der Waals surface area contributed by atoms with Crippen LogP contribution in [-0.2, 0) is 21.2 Å². The highest BCUT2D eigenvalue weighted by atomic mass is 79.9.